The Bertz CT molecular complexity index is 1220. The number of aromatic carboxylic acids is 1. The van der Waals surface area contributed by atoms with Crippen LogP contribution in [0.5, 0.6) is 11.5 Å². The molecule has 0 unspecified atom stereocenters. The van der Waals surface area contributed by atoms with E-state index in [0.717, 1.165) is 15.6 Å². The molecule has 2 N–H and O–H groups in total. The summed E-state index contributed by atoms with van der Waals surface area (Å²) in [5, 5.41) is 17.5. The van der Waals surface area contributed by atoms with Crippen LogP contribution < -0.4 is 9.47 Å². The van der Waals surface area contributed by atoms with Crippen LogP contribution in [-0.2, 0) is 0 Å². The highest BCUT2D eigenvalue weighted by atomic mass is 79.9. The Hall–Kier alpha value is -3.39. The fourth-order valence-corrected chi connectivity index (χ4v) is 3.67. The molecule has 0 radical (unpaired) electrons. The molecular weight excluding hydrogens is 438 g/mol. The van der Waals surface area contributed by atoms with Gasteiger partial charge in [-0.2, -0.15) is 5.10 Å². The molecular formula is C21H16BrN3O4. The smallest absolute Gasteiger partial charge is 0.336 e. The van der Waals surface area contributed by atoms with Gasteiger partial charge in [-0.25, -0.2) is 9.78 Å². The fraction of sp³-hybridized carbons (Fsp3) is 0.0952. The average molecular weight is 454 g/mol. The summed E-state index contributed by atoms with van der Waals surface area (Å²) in [5.41, 5.74) is 3.09. The number of hydrogen-bond acceptors (Lipinski definition) is 5. The zero-order valence-electron chi connectivity index (χ0n) is 15.6. The normalized spacial score (nSPS) is 10.9. The third-order valence-electron chi connectivity index (χ3n) is 4.58. The largest absolute Gasteiger partial charge is 0.497 e. The van der Waals surface area contributed by atoms with E-state index in [4.69, 9.17) is 9.47 Å². The van der Waals surface area contributed by atoms with Crippen molar-refractivity contribution >= 4 is 32.9 Å². The number of nitrogens with zero attached hydrogens (tertiary/aromatic N) is 2. The zero-order valence-corrected chi connectivity index (χ0v) is 17.1. The Morgan fingerprint density at radius 3 is 2.38 bits per heavy atom. The number of nitrogens with one attached hydrogen (secondary N) is 1. The first-order valence-corrected chi connectivity index (χ1v) is 9.42. The summed E-state index contributed by atoms with van der Waals surface area (Å²) in [6.07, 6.45) is 0. The molecule has 146 valence electrons. The average Bonchev–Trinajstić information content (AvgIpc) is 3.17. The predicted molar refractivity (Wildman–Crippen MR) is 113 cm³/mol. The number of aromatic nitrogens is 3. The molecule has 4 aromatic rings. The molecule has 0 bridgehead atoms. The topological polar surface area (TPSA) is 97.3 Å². The molecule has 7 nitrogen and oxygen atoms in total. The van der Waals surface area contributed by atoms with E-state index in [0.29, 0.717) is 33.9 Å². The van der Waals surface area contributed by atoms with E-state index >= 15 is 0 Å². The maximum absolute atomic E-state index is 12.0. The van der Waals surface area contributed by atoms with E-state index in [1.54, 1.807) is 38.5 Å². The van der Waals surface area contributed by atoms with Crippen molar-refractivity contribution in [1.29, 1.82) is 0 Å². The van der Waals surface area contributed by atoms with Crippen molar-refractivity contribution in [3.05, 3.63) is 58.6 Å². The molecule has 4 rings (SSSR count). The molecule has 0 amide bonds. The molecule has 0 saturated heterocycles. The molecule has 0 atom stereocenters. The Morgan fingerprint density at radius 2 is 1.76 bits per heavy atom. The minimum absolute atomic E-state index is 0.122. The van der Waals surface area contributed by atoms with Crippen LogP contribution in [0.3, 0.4) is 0 Å². The molecule has 2 heterocycles. The van der Waals surface area contributed by atoms with Gasteiger partial charge in [-0.3, -0.25) is 5.10 Å². The first-order valence-electron chi connectivity index (χ1n) is 8.62. The number of halogens is 1. The Morgan fingerprint density at radius 1 is 1.03 bits per heavy atom. The van der Waals surface area contributed by atoms with Crippen molar-refractivity contribution in [3.63, 3.8) is 0 Å². The highest BCUT2D eigenvalue weighted by Crippen LogP contribution is 2.34. The van der Waals surface area contributed by atoms with Gasteiger partial charge in [0.2, 0.25) is 0 Å². The summed E-state index contributed by atoms with van der Waals surface area (Å²) in [5.74, 6) is 0.332. The van der Waals surface area contributed by atoms with E-state index in [2.05, 4.69) is 31.1 Å². The predicted octanol–water partition coefficient (Wildman–Crippen LogP) is 4.77. The second-order valence-corrected chi connectivity index (χ2v) is 7.09. The fourth-order valence-electron chi connectivity index (χ4n) is 3.13. The number of carboxylic acid groups (broad SMARTS) is 1. The van der Waals surface area contributed by atoms with Crippen LogP contribution in [0.25, 0.3) is 33.5 Å². The molecule has 0 aliphatic carbocycles. The van der Waals surface area contributed by atoms with Crippen molar-refractivity contribution < 1.29 is 19.4 Å². The first kappa shape index (κ1) is 18.9. The summed E-state index contributed by atoms with van der Waals surface area (Å²) < 4.78 is 11.2. The molecule has 0 spiro atoms. The van der Waals surface area contributed by atoms with Gasteiger partial charge < -0.3 is 14.6 Å². The number of ether oxygens (including phenoxy) is 2. The lowest BCUT2D eigenvalue weighted by atomic mass is 10.0. The van der Waals surface area contributed by atoms with Crippen molar-refractivity contribution in [2.75, 3.05) is 14.2 Å². The molecule has 2 aromatic heterocycles. The lowest BCUT2D eigenvalue weighted by molar-refractivity contribution is 0.0699. The van der Waals surface area contributed by atoms with Gasteiger partial charge in [0.05, 0.1) is 41.0 Å². The van der Waals surface area contributed by atoms with Gasteiger partial charge in [-0.1, -0.05) is 0 Å². The Balaban J connectivity index is 1.89. The quantitative estimate of drug-likeness (QED) is 0.451. The molecule has 2 aromatic carbocycles. The number of aromatic amines is 1. The van der Waals surface area contributed by atoms with E-state index in [1.165, 1.54) is 0 Å². The summed E-state index contributed by atoms with van der Waals surface area (Å²) >= 11 is 3.45. The van der Waals surface area contributed by atoms with Crippen LogP contribution in [0.1, 0.15) is 10.4 Å². The first-order chi connectivity index (χ1) is 14.0. The van der Waals surface area contributed by atoms with Gasteiger partial charge in [-0.15, -0.1) is 0 Å². The number of carboxylic acids is 1. The van der Waals surface area contributed by atoms with Gasteiger partial charge in [0.1, 0.15) is 11.5 Å². The maximum atomic E-state index is 12.0. The molecule has 29 heavy (non-hydrogen) atoms. The maximum Gasteiger partial charge on any atom is 0.336 e. The highest BCUT2D eigenvalue weighted by Gasteiger charge is 2.20. The van der Waals surface area contributed by atoms with Gasteiger partial charge in [0, 0.05) is 11.1 Å². The van der Waals surface area contributed by atoms with Crippen molar-refractivity contribution in [3.8, 4) is 34.0 Å². The van der Waals surface area contributed by atoms with Crippen LogP contribution in [0.4, 0.5) is 0 Å². The number of carbonyl (C=O) groups is 1. The van der Waals surface area contributed by atoms with Crippen LogP contribution in [0, 0.1) is 0 Å². The van der Waals surface area contributed by atoms with Crippen molar-refractivity contribution in [1.82, 2.24) is 15.2 Å². The summed E-state index contributed by atoms with van der Waals surface area (Å²) in [4.78, 5) is 16.6. The minimum atomic E-state index is -1.05. The van der Waals surface area contributed by atoms with E-state index in [9.17, 15) is 9.90 Å². The van der Waals surface area contributed by atoms with Crippen LogP contribution in [0.2, 0.25) is 0 Å². The van der Waals surface area contributed by atoms with Crippen molar-refractivity contribution in [2.24, 2.45) is 0 Å². The number of hydrogen-bond donors (Lipinski definition) is 2. The number of H-pyrrole nitrogens is 1. The SMILES string of the molecule is COc1ccc(-c2[nH]nc3nc(-c4ccc(OC)c(Br)c4)cc(C(=O)O)c23)cc1. The Kier molecular flexibility index (Phi) is 4.94. The standard InChI is InChI=1S/C21H16BrN3O4/c1-28-13-6-3-11(4-7-13)19-18-14(21(26)27)10-16(23-20(18)25-24-19)12-5-8-17(29-2)15(22)9-12/h3-10H,1-2H3,(H,26,27)(H,23,24,25). The number of fused-ring (bicyclic) bond motifs is 1. The third-order valence-corrected chi connectivity index (χ3v) is 5.20. The minimum Gasteiger partial charge on any atom is -0.497 e. The summed E-state index contributed by atoms with van der Waals surface area (Å²) in [7, 11) is 3.17. The highest BCUT2D eigenvalue weighted by molar-refractivity contribution is 9.10. The molecule has 8 heteroatoms. The number of methoxy groups -OCH3 is 2. The second-order valence-electron chi connectivity index (χ2n) is 6.24. The monoisotopic (exact) mass is 453 g/mol. The number of rotatable bonds is 5. The molecule has 0 saturated carbocycles. The molecule has 0 aliphatic heterocycles. The lowest BCUT2D eigenvalue weighted by Crippen LogP contribution is -2.00. The Labute approximate surface area is 174 Å². The number of benzene rings is 2. The lowest BCUT2D eigenvalue weighted by Gasteiger charge is -2.08. The van der Waals surface area contributed by atoms with Gasteiger partial charge >= 0.3 is 5.97 Å². The second kappa shape index (κ2) is 7.56. The van der Waals surface area contributed by atoms with E-state index in [-0.39, 0.29) is 5.56 Å². The van der Waals surface area contributed by atoms with Gasteiger partial charge in [0.15, 0.2) is 5.65 Å². The zero-order chi connectivity index (χ0) is 20.5. The van der Waals surface area contributed by atoms with Crippen LogP contribution >= 0.6 is 15.9 Å². The summed E-state index contributed by atoms with van der Waals surface area (Å²) in [6, 6.07) is 14.3. The van der Waals surface area contributed by atoms with E-state index < -0.39 is 5.97 Å². The summed E-state index contributed by atoms with van der Waals surface area (Å²) in [6.45, 7) is 0. The molecule has 0 aliphatic rings. The number of pyridine rings is 1. The van der Waals surface area contributed by atoms with E-state index in [1.807, 2.05) is 24.3 Å². The third kappa shape index (κ3) is 3.42. The van der Waals surface area contributed by atoms with Crippen LogP contribution in [-0.4, -0.2) is 40.5 Å². The van der Waals surface area contributed by atoms with Gasteiger partial charge in [0.25, 0.3) is 0 Å². The van der Waals surface area contributed by atoms with Gasteiger partial charge in [-0.05, 0) is 64.5 Å². The van der Waals surface area contributed by atoms with Crippen LogP contribution in [0.15, 0.2) is 53.0 Å². The van der Waals surface area contributed by atoms with Crippen molar-refractivity contribution in [2.45, 2.75) is 0 Å². The molecule has 0 fully saturated rings.